The highest BCUT2D eigenvalue weighted by molar-refractivity contribution is 5.46. The van der Waals surface area contributed by atoms with Gasteiger partial charge in [0, 0.05) is 19.0 Å². The molecule has 0 bridgehead atoms. The van der Waals surface area contributed by atoms with Crippen LogP contribution in [0.1, 0.15) is 45.4 Å². The molecule has 0 radical (unpaired) electrons. The van der Waals surface area contributed by atoms with Crippen LogP contribution in [0.15, 0.2) is 6.07 Å². The van der Waals surface area contributed by atoms with Crippen LogP contribution in [0, 0.1) is 11.8 Å². The van der Waals surface area contributed by atoms with E-state index in [-0.39, 0.29) is 0 Å². The van der Waals surface area contributed by atoms with E-state index in [2.05, 4.69) is 34.6 Å². The van der Waals surface area contributed by atoms with E-state index in [1.54, 1.807) is 0 Å². The van der Waals surface area contributed by atoms with E-state index >= 15 is 0 Å². The van der Waals surface area contributed by atoms with E-state index in [9.17, 15) is 0 Å². The van der Waals surface area contributed by atoms with Crippen LogP contribution in [0.25, 0.3) is 0 Å². The summed E-state index contributed by atoms with van der Waals surface area (Å²) in [6.07, 6.45) is 5.95. The quantitative estimate of drug-likeness (QED) is 0.543. The van der Waals surface area contributed by atoms with Crippen LogP contribution in [-0.4, -0.2) is 16.5 Å². The Bertz CT molecular complexity index is 407. The first kappa shape index (κ1) is 14.1. The minimum atomic E-state index is 0.681. The Labute approximate surface area is 115 Å². The molecule has 1 saturated carbocycles. The fourth-order valence-corrected chi connectivity index (χ4v) is 2.76. The molecule has 0 spiro atoms. The van der Waals surface area contributed by atoms with Gasteiger partial charge in [0.1, 0.15) is 17.5 Å². The molecule has 1 fully saturated rings. The van der Waals surface area contributed by atoms with E-state index < -0.39 is 0 Å². The van der Waals surface area contributed by atoms with Crippen molar-refractivity contribution < 1.29 is 0 Å². The van der Waals surface area contributed by atoms with Gasteiger partial charge in [-0.2, -0.15) is 0 Å². The zero-order valence-corrected chi connectivity index (χ0v) is 11.9. The Morgan fingerprint density at radius 2 is 2.11 bits per heavy atom. The third kappa shape index (κ3) is 3.80. The summed E-state index contributed by atoms with van der Waals surface area (Å²) in [6, 6.07) is 1.87. The second kappa shape index (κ2) is 6.70. The summed E-state index contributed by atoms with van der Waals surface area (Å²) in [5.41, 5.74) is 2.61. The summed E-state index contributed by atoms with van der Waals surface area (Å²) >= 11 is 0. The minimum Gasteiger partial charge on any atom is -0.370 e. The molecule has 0 aliphatic heterocycles. The Hall–Kier alpha value is -1.36. The van der Waals surface area contributed by atoms with Gasteiger partial charge in [-0.1, -0.05) is 26.7 Å². The van der Waals surface area contributed by atoms with Gasteiger partial charge in [-0.25, -0.2) is 15.8 Å². The van der Waals surface area contributed by atoms with Gasteiger partial charge < -0.3 is 10.7 Å². The van der Waals surface area contributed by atoms with Gasteiger partial charge >= 0.3 is 0 Å². The second-order valence-corrected chi connectivity index (χ2v) is 5.50. The smallest absolute Gasteiger partial charge is 0.145 e. The Kier molecular flexibility index (Phi) is 4.96. The van der Waals surface area contributed by atoms with Gasteiger partial charge in [-0.3, -0.25) is 0 Å². The second-order valence-electron chi connectivity index (χ2n) is 5.50. The Morgan fingerprint density at radius 3 is 2.74 bits per heavy atom. The molecule has 0 saturated heterocycles. The average Bonchev–Trinajstić information content (AvgIpc) is 2.82. The van der Waals surface area contributed by atoms with E-state index in [0.29, 0.717) is 5.82 Å². The van der Waals surface area contributed by atoms with E-state index in [4.69, 9.17) is 5.84 Å². The molecule has 5 heteroatoms. The number of hydrogen-bond donors (Lipinski definition) is 3. The molecular weight excluding hydrogens is 238 g/mol. The number of hydrazine groups is 1. The van der Waals surface area contributed by atoms with Gasteiger partial charge in [0.15, 0.2) is 0 Å². The highest BCUT2D eigenvalue weighted by Gasteiger charge is 2.22. The molecule has 106 valence electrons. The van der Waals surface area contributed by atoms with Crippen LogP contribution in [-0.2, 0) is 6.42 Å². The maximum absolute atomic E-state index is 5.46. The van der Waals surface area contributed by atoms with Gasteiger partial charge in [0.05, 0.1) is 0 Å². The maximum atomic E-state index is 5.46. The lowest BCUT2D eigenvalue weighted by molar-refractivity contribution is 0.439. The molecule has 5 nitrogen and oxygen atoms in total. The summed E-state index contributed by atoms with van der Waals surface area (Å²) in [7, 11) is 0. The first-order valence-electron chi connectivity index (χ1n) is 7.31. The Balaban J connectivity index is 2.00. The van der Waals surface area contributed by atoms with Crippen molar-refractivity contribution in [2.75, 3.05) is 17.3 Å². The van der Waals surface area contributed by atoms with Crippen molar-refractivity contribution in [3.8, 4) is 0 Å². The summed E-state index contributed by atoms with van der Waals surface area (Å²) in [5.74, 6) is 9.44. The minimum absolute atomic E-state index is 0.681. The number of rotatable bonds is 6. The van der Waals surface area contributed by atoms with Crippen LogP contribution < -0.4 is 16.6 Å². The van der Waals surface area contributed by atoms with Crippen LogP contribution in [0.4, 0.5) is 11.6 Å². The number of nitrogen functional groups attached to an aromatic ring is 1. The zero-order chi connectivity index (χ0) is 13.7. The topological polar surface area (TPSA) is 75.9 Å². The van der Waals surface area contributed by atoms with Crippen molar-refractivity contribution in [3.05, 3.63) is 11.9 Å². The van der Waals surface area contributed by atoms with Gasteiger partial charge in [-0.15, -0.1) is 0 Å². The van der Waals surface area contributed by atoms with E-state index in [1.165, 1.54) is 19.3 Å². The molecule has 1 aromatic rings. The molecule has 0 amide bonds. The summed E-state index contributed by atoms with van der Waals surface area (Å²) in [4.78, 5) is 8.89. The van der Waals surface area contributed by atoms with Crippen LogP contribution in [0.2, 0.25) is 0 Å². The Morgan fingerprint density at radius 1 is 1.32 bits per heavy atom. The van der Waals surface area contributed by atoms with Crippen molar-refractivity contribution in [1.29, 1.82) is 0 Å². The van der Waals surface area contributed by atoms with Crippen LogP contribution in [0.5, 0.6) is 0 Å². The van der Waals surface area contributed by atoms with Crippen LogP contribution >= 0.6 is 0 Å². The third-order valence-electron chi connectivity index (χ3n) is 3.98. The molecular formula is C14H25N5. The lowest BCUT2D eigenvalue weighted by Gasteiger charge is -2.17. The van der Waals surface area contributed by atoms with E-state index in [1.807, 2.05) is 6.07 Å². The number of nitrogens with zero attached hydrogens (tertiary/aromatic N) is 2. The molecule has 1 aromatic heterocycles. The largest absolute Gasteiger partial charge is 0.370 e. The summed E-state index contributed by atoms with van der Waals surface area (Å²) < 4.78 is 0. The number of anilines is 2. The van der Waals surface area contributed by atoms with Crippen LogP contribution in [0.3, 0.4) is 0 Å². The highest BCUT2D eigenvalue weighted by atomic mass is 15.3. The first-order valence-corrected chi connectivity index (χ1v) is 7.31. The molecule has 2 atom stereocenters. The highest BCUT2D eigenvalue weighted by Crippen LogP contribution is 2.31. The number of nitrogens with one attached hydrogen (secondary N) is 2. The third-order valence-corrected chi connectivity index (χ3v) is 3.98. The number of aryl methyl sites for hydroxylation is 1. The van der Waals surface area contributed by atoms with Gasteiger partial charge in [0.2, 0.25) is 0 Å². The summed E-state index contributed by atoms with van der Waals surface area (Å²) in [6.45, 7) is 5.46. The number of aromatic nitrogens is 2. The van der Waals surface area contributed by atoms with Crippen molar-refractivity contribution in [1.82, 2.24) is 9.97 Å². The van der Waals surface area contributed by atoms with Gasteiger partial charge in [0.25, 0.3) is 0 Å². The molecule has 0 aromatic carbocycles. The molecule has 1 aliphatic carbocycles. The SMILES string of the molecule is CCCc1nc(NN)cc(NCC2CCCC2C)n1. The normalized spacial score (nSPS) is 22.5. The lowest BCUT2D eigenvalue weighted by atomic mass is 9.98. The fourth-order valence-electron chi connectivity index (χ4n) is 2.76. The predicted molar refractivity (Wildman–Crippen MR) is 78.8 cm³/mol. The molecule has 19 heavy (non-hydrogen) atoms. The number of hydrogen-bond acceptors (Lipinski definition) is 5. The molecule has 1 heterocycles. The van der Waals surface area contributed by atoms with Crippen molar-refractivity contribution in [3.63, 3.8) is 0 Å². The number of nitrogens with two attached hydrogens (primary N) is 1. The van der Waals surface area contributed by atoms with Crippen molar-refractivity contribution >= 4 is 11.6 Å². The average molecular weight is 263 g/mol. The predicted octanol–water partition coefficient (Wildman–Crippen LogP) is 2.56. The molecule has 4 N–H and O–H groups in total. The maximum Gasteiger partial charge on any atom is 0.145 e. The van der Waals surface area contributed by atoms with Crippen molar-refractivity contribution in [2.45, 2.75) is 46.0 Å². The van der Waals surface area contributed by atoms with E-state index in [0.717, 1.165) is 42.9 Å². The fraction of sp³-hybridized carbons (Fsp3) is 0.714. The first-order chi connectivity index (χ1) is 9.22. The monoisotopic (exact) mass is 263 g/mol. The zero-order valence-electron chi connectivity index (χ0n) is 11.9. The molecule has 1 aliphatic rings. The molecule has 2 rings (SSSR count). The summed E-state index contributed by atoms with van der Waals surface area (Å²) in [5, 5.41) is 3.44. The lowest BCUT2D eigenvalue weighted by Crippen LogP contribution is -2.18. The van der Waals surface area contributed by atoms with Crippen molar-refractivity contribution in [2.24, 2.45) is 17.7 Å². The standard InChI is InChI=1S/C14H25N5/c1-3-5-12-17-13(8-14(18-12)19-15)16-9-11-7-4-6-10(11)2/h8,10-11H,3-7,9,15H2,1-2H3,(H2,16,17,18,19). The molecule has 2 unspecified atom stereocenters. The van der Waals surface area contributed by atoms with Gasteiger partial charge in [-0.05, 0) is 24.7 Å².